The van der Waals surface area contributed by atoms with E-state index < -0.39 is 16.8 Å². The van der Waals surface area contributed by atoms with Crippen molar-refractivity contribution in [2.24, 2.45) is 17.1 Å². The molecule has 1 aliphatic heterocycles. The number of hydrogen-bond donors (Lipinski definition) is 2. The fraction of sp³-hybridized carbons (Fsp3) is 0.562. The lowest BCUT2D eigenvalue weighted by Gasteiger charge is -2.65. The van der Waals surface area contributed by atoms with Crippen LogP contribution in [0, 0.1) is 17.2 Å². The number of anilines is 1. The van der Waals surface area contributed by atoms with Crippen LogP contribution in [-0.2, 0) is 9.53 Å². The molecule has 0 spiro atoms. The molecule has 0 radical (unpaired) electrons. The maximum Gasteiger partial charge on any atom is 0.245 e. The third kappa shape index (κ3) is 2.23. The van der Waals surface area contributed by atoms with E-state index in [0.717, 1.165) is 19.4 Å². The van der Waals surface area contributed by atoms with Gasteiger partial charge in [-0.1, -0.05) is 26.0 Å². The summed E-state index contributed by atoms with van der Waals surface area (Å²) in [5, 5.41) is 2.65. The Morgan fingerprint density at radius 2 is 2.09 bits per heavy atom. The number of ether oxygens (including phenoxy) is 1. The number of carbonyl (C=O) groups is 1. The molecule has 1 aromatic rings. The predicted molar refractivity (Wildman–Crippen MR) is 85.4 cm³/mol. The Balaban J connectivity index is 0.00000176. The van der Waals surface area contributed by atoms with Gasteiger partial charge in [0.25, 0.3) is 0 Å². The maximum absolute atomic E-state index is 13.7. The molecule has 0 aromatic heterocycles. The minimum absolute atomic E-state index is 0. The average molecular weight is 329 g/mol. The molecule has 3 rings (SSSR count). The van der Waals surface area contributed by atoms with Crippen molar-refractivity contribution in [1.82, 2.24) is 0 Å². The fourth-order valence-electron chi connectivity index (χ4n) is 3.83. The molecular weight excluding hydrogens is 307 g/mol. The molecule has 6 heteroatoms. The van der Waals surface area contributed by atoms with Crippen LogP contribution >= 0.6 is 12.4 Å². The van der Waals surface area contributed by atoms with Gasteiger partial charge in [-0.15, -0.1) is 12.4 Å². The zero-order chi connectivity index (χ0) is 15.3. The summed E-state index contributed by atoms with van der Waals surface area (Å²) in [7, 11) is 0. The molecule has 4 nitrogen and oxygen atoms in total. The number of rotatable bonds is 2. The molecule has 1 heterocycles. The number of para-hydroxylation sites is 1. The second-order valence-corrected chi connectivity index (χ2v) is 6.56. The molecule has 3 N–H and O–H groups in total. The smallest absolute Gasteiger partial charge is 0.245 e. The highest BCUT2D eigenvalue weighted by molar-refractivity contribution is 6.00. The van der Waals surface area contributed by atoms with Crippen molar-refractivity contribution < 1.29 is 13.9 Å². The van der Waals surface area contributed by atoms with E-state index in [2.05, 4.69) is 5.32 Å². The normalized spacial score (nSPS) is 32.2. The lowest BCUT2D eigenvalue weighted by atomic mass is 9.46. The first-order chi connectivity index (χ1) is 9.89. The molecule has 3 unspecified atom stereocenters. The maximum atomic E-state index is 13.7. The lowest BCUT2D eigenvalue weighted by Crippen LogP contribution is -2.81. The number of fused-ring (bicyclic) bond motifs is 1. The molecule has 1 saturated heterocycles. The number of carbonyl (C=O) groups excluding carboxylic acids is 1. The first kappa shape index (κ1) is 17.2. The number of hydrogen-bond acceptors (Lipinski definition) is 3. The van der Waals surface area contributed by atoms with Crippen molar-refractivity contribution in [3.63, 3.8) is 0 Å². The van der Waals surface area contributed by atoms with Crippen LogP contribution in [0.5, 0.6) is 0 Å². The zero-order valence-corrected chi connectivity index (χ0v) is 13.6. The van der Waals surface area contributed by atoms with Crippen LogP contribution in [0.1, 0.15) is 26.7 Å². The highest BCUT2D eigenvalue weighted by Crippen LogP contribution is 2.57. The molecule has 2 fully saturated rings. The average Bonchev–Trinajstić information content (AvgIpc) is 2.48. The summed E-state index contributed by atoms with van der Waals surface area (Å²) in [5.41, 5.74) is 5.14. The van der Waals surface area contributed by atoms with E-state index >= 15 is 0 Å². The molecule has 1 amide bonds. The van der Waals surface area contributed by atoms with E-state index in [1.807, 2.05) is 13.8 Å². The van der Waals surface area contributed by atoms with E-state index in [0.29, 0.717) is 0 Å². The van der Waals surface area contributed by atoms with Gasteiger partial charge in [-0.25, -0.2) is 4.39 Å². The Kier molecular flexibility index (Phi) is 4.53. The van der Waals surface area contributed by atoms with Crippen molar-refractivity contribution in [1.29, 1.82) is 0 Å². The number of benzene rings is 1. The van der Waals surface area contributed by atoms with Crippen molar-refractivity contribution in [2.45, 2.75) is 38.3 Å². The lowest BCUT2D eigenvalue weighted by molar-refractivity contribution is -0.222. The molecule has 0 bridgehead atoms. The number of halogens is 2. The Hall–Kier alpha value is -1.17. The Morgan fingerprint density at radius 1 is 1.41 bits per heavy atom. The number of nitrogens with one attached hydrogen (secondary N) is 1. The summed E-state index contributed by atoms with van der Waals surface area (Å²) >= 11 is 0. The van der Waals surface area contributed by atoms with Crippen molar-refractivity contribution in [3.8, 4) is 0 Å². The van der Waals surface area contributed by atoms with E-state index in [4.69, 9.17) is 10.5 Å². The van der Waals surface area contributed by atoms with Gasteiger partial charge >= 0.3 is 0 Å². The molecule has 2 aliphatic rings. The summed E-state index contributed by atoms with van der Waals surface area (Å²) in [6.07, 6.45) is 1.78. The van der Waals surface area contributed by atoms with Gasteiger partial charge in [0.15, 0.2) is 0 Å². The van der Waals surface area contributed by atoms with E-state index in [1.165, 1.54) is 12.1 Å². The van der Waals surface area contributed by atoms with Crippen LogP contribution in [0.2, 0.25) is 0 Å². The third-order valence-electron chi connectivity index (χ3n) is 5.18. The van der Waals surface area contributed by atoms with Gasteiger partial charge in [-0.3, -0.25) is 4.79 Å². The largest absolute Gasteiger partial charge is 0.377 e. The molecule has 1 aromatic carbocycles. The second kappa shape index (κ2) is 5.80. The van der Waals surface area contributed by atoms with E-state index in [-0.39, 0.29) is 36.0 Å². The Labute approximate surface area is 136 Å². The molecule has 22 heavy (non-hydrogen) atoms. The van der Waals surface area contributed by atoms with Crippen molar-refractivity contribution >= 4 is 24.0 Å². The predicted octanol–water partition coefficient (Wildman–Crippen LogP) is 2.72. The van der Waals surface area contributed by atoms with E-state index in [1.54, 1.807) is 12.1 Å². The first-order valence-corrected chi connectivity index (χ1v) is 7.35. The first-order valence-electron chi connectivity index (χ1n) is 7.35. The van der Waals surface area contributed by atoms with Crippen LogP contribution in [-0.4, -0.2) is 24.2 Å². The van der Waals surface area contributed by atoms with Crippen LogP contribution in [0.25, 0.3) is 0 Å². The van der Waals surface area contributed by atoms with Gasteiger partial charge in [0, 0.05) is 17.9 Å². The summed E-state index contributed by atoms with van der Waals surface area (Å²) in [5.74, 6) is -0.791. The quantitative estimate of drug-likeness (QED) is 0.877. The third-order valence-corrected chi connectivity index (χ3v) is 5.18. The molecule has 122 valence electrons. The minimum atomic E-state index is -1.03. The molecule has 1 saturated carbocycles. The van der Waals surface area contributed by atoms with Crippen LogP contribution < -0.4 is 11.1 Å². The summed E-state index contributed by atoms with van der Waals surface area (Å²) in [4.78, 5) is 12.7. The summed E-state index contributed by atoms with van der Waals surface area (Å²) < 4.78 is 19.5. The standard InChI is InChI=1S/C16H21FN2O2.ClH/c1-15(2)13-10(6-5-9-21-13)16(15,18)14(20)19-12-8-4-3-7-11(12)17;/h3-4,7-8,10,13H,5-6,9,18H2,1-2H3,(H,19,20);1H. The van der Waals surface area contributed by atoms with Gasteiger partial charge < -0.3 is 15.8 Å². The summed E-state index contributed by atoms with van der Waals surface area (Å²) in [6.45, 7) is 4.61. The molecular formula is C16H22ClFN2O2. The topological polar surface area (TPSA) is 64.3 Å². The van der Waals surface area contributed by atoms with Crippen molar-refractivity contribution in [2.75, 3.05) is 11.9 Å². The number of nitrogens with two attached hydrogens (primary N) is 1. The highest BCUT2D eigenvalue weighted by Gasteiger charge is 2.70. The van der Waals surface area contributed by atoms with Gasteiger partial charge in [-0.05, 0) is 25.0 Å². The van der Waals surface area contributed by atoms with Gasteiger partial charge in [0.05, 0.1) is 11.8 Å². The Bertz CT molecular complexity index is 581. The van der Waals surface area contributed by atoms with Crippen LogP contribution in [0.15, 0.2) is 24.3 Å². The highest BCUT2D eigenvalue weighted by atomic mass is 35.5. The number of amides is 1. The second-order valence-electron chi connectivity index (χ2n) is 6.56. The Morgan fingerprint density at radius 3 is 2.77 bits per heavy atom. The molecule has 1 aliphatic carbocycles. The minimum Gasteiger partial charge on any atom is -0.377 e. The van der Waals surface area contributed by atoms with Gasteiger partial charge in [0.1, 0.15) is 11.4 Å². The monoisotopic (exact) mass is 328 g/mol. The SMILES string of the molecule is CC1(C)C2OCCCC2C1(N)C(=O)Nc1ccccc1F.Cl. The van der Waals surface area contributed by atoms with E-state index in [9.17, 15) is 9.18 Å². The van der Waals surface area contributed by atoms with Crippen molar-refractivity contribution in [3.05, 3.63) is 30.1 Å². The molecule has 3 atom stereocenters. The van der Waals surface area contributed by atoms with Crippen LogP contribution in [0.4, 0.5) is 10.1 Å². The summed E-state index contributed by atoms with van der Waals surface area (Å²) in [6, 6.07) is 6.12. The van der Waals surface area contributed by atoms with Crippen LogP contribution in [0.3, 0.4) is 0 Å². The zero-order valence-electron chi connectivity index (χ0n) is 12.8. The van der Waals surface area contributed by atoms with Gasteiger partial charge in [-0.2, -0.15) is 0 Å². The fourth-order valence-corrected chi connectivity index (χ4v) is 3.83. The van der Waals surface area contributed by atoms with Gasteiger partial charge in [0.2, 0.25) is 5.91 Å².